The van der Waals surface area contributed by atoms with Crippen LogP contribution in [0.3, 0.4) is 0 Å². The van der Waals surface area contributed by atoms with Gasteiger partial charge in [0.2, 0.25) is 5.89 Å². The van der Waals surface area contributed by atoms with Crippen LogP contribution in [0.5, 0.6) is 0 Å². The van der Waals surface area contributed by atoms with E-state index in [1.807, 2.05) is 6.07 Å². The van der Waals surface area contributed by atoms with Gasteiger partial charge in [-0.15, -0.1) is 0 Å². The lowest BCUT2D eigenvalue weighted by molar-refractivity contribution is 0.0953. The molecule has 0 aliphatic heterocycles. The quantitative estimate of drug-likeness (QED) is 0.792. The maximum absolute atomic E-state index is 12.0. The molecule has 21 heavy (non-hydrogen) atoms. The van der Waals surface area contributed by atoms with Crippen LogP contribution < -0.4 is 5.32 Å². The Labute approximate surface area is 122 Å². The molecule has 0 aliphatic rings. The molecule has 0 bridgehead atoms. The van der Waals surface area contributed by atoms with Crippen LogP contribution in [-0.4, -0.2) is 34.3 Å². The van der Waals surface area contributed by atoms with E-state index in [1.165, 1.54) is 6.33 Å². The average Bonchev–Trinajstić information content (AvgIpc) is 3.01. The van der Waals surface area contributed by atoms with Gasteiger partial charge in [-0.2, -0.15) is 4.98 Å². The van der Waals surface area contributed by atoms with Crippen LogP contribution in [0, 0.1) is 11.8 Å². The van der Waals surface area contributed by atoms with Crippen LogP contribution in [0.25, 0.3) is 0 Å². The third-order valence-electron chi connectivity index (χ3n) is 2.63. The summed E-state index contributed by atoms with van der Waals surface area (Å²) < 4.78 is 4.84. The first-order valence-corrected chi connectivity index (χ1v) is 6.53. The van der Waals surface area contributed by atoms with Crippen LogP contribution in [0.4, 0.5) is 0 Å². The molecule has 0 aliphatic carbocycles. The fourth-order valence-electron chi connectivity index (χ4n) is 1.65. The van der Waals surface area contributed by atoms with Gasteiger partial charge in [0.05, 0.1) is 6.61 Å². The van der Waals surface area contributed by atoms with Crippen molar-refractivity contribution < 1.29 is 14.4 Å². The summed E-state index contributed by atoms with van der Waals surface area (Å²) in [6.45, 7) is 0.449. The van der Waals surface area contributed by atoms with Crippen molar-refractivity contribution in [3.05, 3.63) is 47.6 Å². The summed E-state index contributed by atoms with van der Waals surface area (Å²) in [6, 6.07) is 7.03. The number of hydrogen-bond donors (Lipinski definition) is 2. The van der Waals surface area contributed by atoms with Gasteiger partial charge in [-0.05, 0) is 18.2 Å². The molecule has 1 aromatic heterocycles. The van der Waals surface area contributed by atoms with E-state index >= 15 is 0 Å². The number of nitrogens with one attached hydrogen (secondary N) is 1. The second-order valence-electron chi connectivity index (χ2n) is 4.20. The lowest BCUT2D eigenvalue weighted by Crippen LogP contribution is -2.25. The highest BCUT2D eigenvalue weighted by atomic mass is 16.5. The highest BCUT2D eigenvalue weighted by molar-refractivity contribution is 5.94. The zero-order valence-corrected chi connectivity index (χ0v) is 11.4. The summed E-state index contributed by atoms with van der Waals surface area (Å²) in [7, 11) is 0. The zero-order valence-electron chi connectivity index (χ0n) is 11.4. The van der Waals surface area contributed by atoms with Crippen LogP contribution in [-0.2, 0) is 6.42 Å². The monoisotopic (exact) mass is 285 g/mol. The van der Waals surface area contributed by atoms with Gasteiger partial charge in [0.15, 0.2) is 6.33 Å². The summed E-state index contributed by atoms with van der Waals surface area (Å²) in [5, 5.41) is 14.9. The van der Waals surface area contributed by atoms with Gasteiger partial charge in [0.1, 0.15) is 0 Å². The van der Waals surface area contributed by atoms with Crippen molar-refractivity contribution in [2.24, 2.45) is 0 Å². The van der Waals surface area contributed by atoms with Crippen LogP contribution >= 0.6 is 0 Å². The first-order valence-electron chi connectivity index (χ1n) is 6.53. The Bertz CT molecular complexity index is 642. The fourth-order valence-corrected chi connectivity index (χ4v) is 1.65. The second kappa shape index (κ2) is 7.82. The van der Waals surface area contributed by atoms with Crippen molar-refractivity contribution in [3.8, 4) is 11.8 Å². The molecule has 2 aromatic rings. The van der Waals surface area contributed by atoms with Gasteiger partial charge in [-0.3, -0.25) is 4.79 Å². The third-order valence-corrected chi connectivity index (χ3v) is 2.63. The summed E-state index contributed by atoms with van der Waals surface area (Å²) in [6.07, 6.45) is 2.23. The van der Waals surface area contributed by atoms with Gasteiger partial charge in [0, 0.05) is 30.5 Å². The molecule has 0 saturated carbocycles. The summed E-state index contributed by atoms with van der Waals surface area (Å²) in [5.41, 5.74) is 1.28. The number of aromatic nitrogens is 2. The predicted octanol–water partition coefficient (Wildman–Crippen LogP) is 0.776. The molecule has 1 heterocycles. The minimum absolute atomic E-state index is 0.0306. The van der Waals surface area contributed by atoms with Crippen molar-refractivity contribution >= 4 is 5.91 Å². The molecule has 0 saturated heterocycles. The molecular formula is C15H15N3O3. The normalized spacial score (nSPS) is 9.76. The van der Waals surface area contributed by atoms with E-state index in [-0.39, 0.29) is 12.5 Å². The lowest BCUT2D eigenvalue weighted by Gasteiger charge is -2.03. The number of rotatable bonds is 5. The molecule has 0 radical (unpaired) electrons. The molecule has 1 amide bonds. The first-order chi connectivity index (χ1) is 10.3. The van der Waals surface area contributed by atoms with Crippen molar-refractivity contribution in [2.45, 2.75) is 12.8 Å². The van der Waals surface area contributed by atoms with Gasteiger partial charge >= 0.3 is 0 Å². The molecule has 1 aromatic carbocycles. The highest BCUT2D eigenvalue weighted by Gasteiger charge is 2.06. The van der Waals surface area contributed by atoms with Gasteiger partial charge in [-0.1, -0.05) is 23.1 Å². The Hall–Kier alpha value is -2.65. The standard InChI is InChI=1S/C15H15N3O3/c19-9-2-1-4-12-5-3-6-13(10-12)15(20)16-8-7-14-17-11-18-21-14/h3,5-6,10-11,19H,2,7-9H2,(H,16,20). The van der Waals surface area contributed by atoms with Crippen LogP contribution in [0.15, 0.2) is 35.1 Å². The predicted molar refractivity (Wildman–Crippen MR) is 75.4 cm³/mol. The third kappa shape index (κ3) is 4.75. The summed E-state index contributed by atoms with van der Waals surface area (Å²) in [4.78, 5) is 15.9. The molecule has 2 rings (SSSR count). The van der Waals surface area contributed by atoms with Crippen LogP contribution in [0.2, 0.25) is 0 Å². The lowest BCUT2D eigenvalue weighted by atomic mass is 10.1. The topological polar surface area (TPSA) is 88.3 Å². The zero-order chi connectivity index (χ0) is 14.9. The Morgan fingerprint density at radius 3 is 3.10 bits per heavy atom. The Balaban J connectivity index is 1.90. The Morgan fingerprint density at radius 1 is 1.43 bits per heavy atom. The van der Waals surface area contributed by atoms with E-state index < -0.39 is 0 Å². The number of carbonyl (C=O) groups is 1. The van der Waals surface area contributed by atoms with Crippen molar-refractivity contribution in [1.29, 1.82) is 0 Å². The molecule has 0 atom stereocenters. The molecule has 0 spiro atoms. The van der Waals surface area contributed by atoms with Gasteiger partial charge in [-0.25, -0.2) is 0 Å². The van der Waals surface area contributed by atoms with E-state index in [0.29, 0.717) is 30.8 Å². The summed E-state index contributed by atoms with van der Waals surface area (Å²) in [5.74, 6) is 6.02. The van der Waals surface area contributed by atoms with E-state index in [0.717, 1.165) is 5.56 Å². The van der Waals surface area contributed by atoms with E-state index in [4.69, 9.17) is 9.63 Å². The van der Waals surface area contributed by atoms with Crippen molar-refractivity contribution in [2.75, 3.05) is 13.2 Å². The fraction of sp³-hybridized carbons (Fsp3) is 0.267. The maximum atomic E-state index is 12.0. The number of nitrogens with zero attached hydrogens (tertiary/aromatic N) is 2. The SMILES string of the molecule is O=C(NCCc1ncno1)c1cccc(C#CCCO)c1. The number of aliphatic hydroxyl groups is 1. The molecule has 108 valence electrons. The molecule has 6 nitrogen and oxygen atoms in total. The van der Waals surface area contributed by atoms with Crippen molar-refractivity contribution in [3.63, 3.8) is 0 Å². The maximum Gasteiger partial charge on any atom is 0.251 e. The number of benzene rings is 1. The Morgan fingerprint density at radius 2 is 2.33 bits per heavy atom. The second-order valence-corrected chi connectivity index (χ2v) is 4.20. The number of hydrogen-bond acceptors (Lipinski definition) is 5. The van der Waals surface area contributed by atoms with Crippen LogP contribution in [0.1, 0.15) is 28.2 Å². The number of amides is 1. The first kappa shape index (κ1) is 14.8. The molecule has 0 fully saturated rings. The van der Waals surface area contributed by atoms with Gasteiger partial charge in [0.25, 0.3) is 5.91 Å². The molecule has 6 heteroatoms. The molecule has 0 unspecified atom stereocenters. The number of carbonyl (C=O) groups excluding carboxylic acids is 1. The largest absolute Gasteiger partial charge is 0.395 e. The average molecular weight is 285 g/mol. The Kier molecular flexibility index (Phi) is 5.50. The van der Waals surface area contributed by atoms with Crippen molar-refractivity contribution in [1.82, 2.24) is 15.5 Å². The molecule has 2 N–H and O–H groups in total. The highest BCUT2D eigenvalue weighted by Crippen LogP contribution is 2.04. The molecular weight excluding hydrogens is 270 g/mol. The van der Waals surface area contributed by atoms with E-state index in [1.54, 1.807) is 18.2 Å². The van der Waals surface area contributed by atoms with E-state index in [9.17, 15) is 4.79 Å². The van der Waals surface area contributed by atoms with Gasteiger partial charge < -0.3 is 14.9 Å². The minimum Gasteiger partial charge on any atom is -0.395 e. The number of aliphatic hydroxyl groups excluding tert-OH is 1. The summed E-state index contributed by atoms with van der Waals surface area (Å²) >= 11 is 0. The van der Waals surface area contributed by atoms with E-state index in [2.05, 4.69) is 27.3 Å². The minimum atomic E-state index is -0.180. The smallest absolute Gasteiger partial charge is 0.251 e.